The van der Waals surface area contributed by atoms with Crippen molar-refractivity contribution in [2.24, 2.45) is 0 Å². The number of nitrogens with zero attached hydrogens (tertiary/aromatic N) is 2. The van der Waals surface area contributed by atoms with Crippen molar-refractivity contribution >= 4 is 31.5 Å². The molecule has 1 aliphatic rings. The van der Waals surface area contributed by atoms with Gasteiger partial charge in [0.1, 0.15) is 0 Å². The van der Waals surface area contributed by atoms with E-state index in [1.165, 1.54) is 64.7 Å². The predicted octanol–water partition coefficient (Wildman–Crippen LogP) is 15.5. The summed E-state index contributed by atoms with van der Waals surface area (Å²) >= 11 is 1.85. The summed E-state index contributed by atoms with van der Waals surface area (Å²) in [6.07, 6.45) is 0. The van der Waals surface area contributed by atoms with Crippen molar-refractivity contribution in [3.63, 3.8) is 0 Å². The second kappa shape index (κ2) is 14.8. The van der Waals surface area contributed by atoms with Gasteiger partial charge in [-0.2, -0.15) is 0 Å². The molecule has 0 unspecified atom stereocenters. The zero-order valence-electron chi connectivity index (χ0n) is 33.7. The van der Waals surface area contributed by atoms with E-state index in [9.17, 15) is 0 Å². The van der Waals surface area contributed by atoms with Crippen molar-refractivity contribution in [1.82, 2.24) is 9.97 Å². The third-order valence-electron chi connectivity index (χ3n) is 12.6. The van der Waals surface area contributed by atoms with Crippen LogP contribution in [0.5, 0.6) is 0 Å². The molecule has 9 aromatic carbocycles. The van der Waals surface area contributed by atoms with E-state index in [0.29, 0.717) is 5.82 Å². The monoisotopic (exact) mass is 806 g/mol. The van der Waals surface area contributed by atoms with Crippen molar-refractivity contribution in [2.45, 2.75) is 5.41 Å². The van der Waals surface area contributed by atoms with Crippen LogP contribution in [0.25, 0.3) is 87.5 Å². The number of benzene rings is 9. The Labute approximate surface area is 365 Å². The van der Waals surface area contributed by atoms with E-state index in [2.05, 4.69) is 212 Å². The van der Waals surface area contributed by atoms with Crippen LogP contribution in [0.4, 0.5) is 0 Å². The van der Waals surface area contributed by atoms with Gasteiger partial charge < -0.3 is 0 Å². The molecule has 3 heteroatoms. The molecule has 1 aliphatic carbocycles. The Morgan fingerprint density at radius 2 is 0.806 bits per heavy atom. The zero-order valence-corrected chi connectivity index (χ0v) is 34.6. The lowest BCUT2D eigenvalue weighted by Gasteiger charge is -2.34. The number of rotatable bonds is 7. The summed E-state index contributed by atoms with van der Waals surface area (Å²) in [6.45, 7) is 0. The largest absolute Gasteiger partial charge is 0.228 e. The van der Waals surface area contributed by atoms with Gasteiger partial charge >= 0.3 is 0 Å². The van der Waals surface area contributed by atoms with E-state index >= 15 is 0 Å². The van der Waals surface area contributed by atoms with Crippen LogP contribution in [0, 0.1) is 0 Å². The van der Waals surface area contributed by atoms with Gasteiger partial charge in [-0.25, -0.2) is 9.97 Å². The molecule has 0 aliphatic heterocycles. The van der Waals surface area contributed by atoms with Crippen molar-refractivity contribution < 1.29 is 0 Å². The molecule has 62 heavy (non-hydrogen) atoms. The van der Waals surface area contributed by atoms with E-state index in [-0.39, 0.29) is 0 Å². The molecular weight excluding hydrogens is 769 g/mol. The molecule has 0 saturated carbocycles. The van der Waals surface area contributed by atoms with Crippen LogP contribution in [0.1, 0.15) is 22.3 Å². The number of hydrogen-bond donors (Lipinski definition) is 0. The maximum Gasteiger partial charge on any atom is 0.160 e. The van der Waals surface area contributed by atoms with Crippen LogP contribution in [-0.4, -0.2) is 9.97 Å². The molecule has 0 radical (unpaired) electrons. The lowest BCUT2D eigenvalue weighted by atomic mass is 9.67. The Morgan fingerprint density at radius 1 is 0.306 bits per heavy atom. The summed E-state index contributed by atoms with van der Waals surface area (Å²) in [5, 5.41) is 2.63. The molecule has 0 bridgehead atoms. The van der Waals surface area contributed by atoms with Crippen molar-refractivity contribution in [3.8, 4) is 67.3 Å². The molecule has 0 atom stereocenters. The highest BCUT2D eigenvalue weighted by molar-refractivity contribution is 7.25. The average molecular weight is 807 g/mol. The Kier molecular flexibility index (Phi) is 8.62. The van der Waals surface area contributed by atoms with E-state index < -0.39 is 5.41 Å². The lowest BCUT2D eigenvalue weighted by Crippen LogP contribution is -2.28. The summed E-state index contributed by atoms with van der Waals surface area (Å²) in [6, 6.07) is 83.4. The summed E-state index contributed by atoms with van der Waals surface area (Å²) in [5.74, 6) is 0.704. The Hall–Kier alpha value is -7.72. The molecular formula is C59H38N2S. The fraction of sp³-hybridized carbons (Fsp3) is 0.0169. The smallest absolute Gasteiger partial charge is 0.160 e. The maximum atomic E-state index is 5.19. The average Bonchev–Trinajstić information content (AvgIpc) is 3.88. The Morgan fingerprint density at radius 3 is 1.53 bits per heavy atom. The molecule has 11 aromatic rings. The summed E-state index contributed by atoms with van der Waals surface area (Å²) in [4.78, 5) is 10.3. The van der Waals surface area contributed by atoms with Crippen LogP contribution in [-0.2, 0) is 5.41 Å². The molecule has 0 N–H and O–H groups in total. The minimum Gasteiger partial charge on any atom is -0.228 e. The standard InChI is InChI=1S/C59H38N2S/c1-3-14-42(15-4-1)58-60-54(41-28-26-39(27-29-41)44-32-35-51-50-22-9-12-25-56(50)62-57(51)37-44)38-55(61-58)45-17-13-16-43(36-45)40-30-33-47(34-31-40)59(46-18-5-2-6-19-46)52-23-10-7-20-48(52)49-21-8-11-24-53(49)59/h1-38H. The van der Waals surface area contributed by atoms with Crippen molar-refractivity contribution in [2.75, 3.05) is 0 Å². The van der Waals surface area contributed by atoms with Crippen LogP contribution in [0.2, 0.25) is 0 Å². The summed E-state index contributed by atoms with van der Waals surface area (Å²) in [5.41, 5.74) is 16.8. The van der Waals surface area contributed by atoms with Crippen LogP contribution in [0.3, 0.4) is 0 Å². The van der Waals surface area contributed by atoms with E-state index in [1.807, 2.05) is 29.5 Å². The summed E-state index contributed by atoms with van der Waals surface area (Å²) < 4.78 is 2.63. The highest BCUT2D eigenvalue weighted by Crippen LogP contribution is 2.56. The molecule has 0 saturated heterocycles. The minimum atomic E-state index is -0.426. The third-order valence-corrected chi connectivity index (χ3v) is 13.8. The van der Waals surface area contributed by atoms with Gasteiger partial charge in [0.2, 0.25) is 0 Å². The first-order chi connectivity index (χ1) is 30.7. The topological polar surface area (TPSA) is 25.8 Å². The first-order valence-electron chi connectivity index (χ1n) is 21.1. The number of thiophene rings is 1. The van der Waals surface area contributed by atoms with Gasteiger partial charge in [-0.1, -0.05) is 206 Å². The van der Waals surface area contributed by atoms with E-state index in [4.69, 9.17) is 9.97 Å². The quantitative estimate of drug-likeness (QED) is 0.160. The highest BCUT2D eigenvalue weighted by atomic mass is 32.1. The van der Waals surface area contributed by atoms with Gasteiger partial charge in [-0.05, 0) is 79.9 Å². The fourth-order valence-electron chi connectivity index (χ4n) is 9.68. The van der Waals surface area contributed by atoms with Gasteiger partial charge in [-0.3, -0.25) is 0 Å². The molecule has 2 aromatic heterocycles. The normalized spacial score (nSPS) is 12.6. The number of fused-ring (bicyclic) bond motifs is 6. The van der Waals surface area contributed by atoms with Crippen molar-refractivity contribution in [1.29, 1.82) is 0 Å². The Bertz CT molecular complexity index is 3400. The van der Waals surface area contributed by atoms with Crippen LogP contribution < -0.4 is 0 Å². The Balaban J connectivity index is 0.913. The van der Waals surface area contributed by atoms with Gasteiger partial charge in [0, 0.05) is 36.9 Å². The molecule has 2 heterocycles. The highest BCUT2D eigenvalue weighted by Gasteiger charge is 2.45. The fourth-order valence-corrected chi connectivity index (χ4v) is 10.8. The third kappa shape index (κ3) is 5.93. The number of aromatic nitrogens is 2. The van der Waals surface area contributed by atoms with Gasteiger partial charge in [0.05, 0.1) is 16.8 Å². The first-order valence-corrected chi connectivity index (χ1v) is 22.0. The lowest BCUT2D eigenvalue weighted by molar-refractivity contribution is 0.768. The summed E-state index contributed by atoms with van der Waals surface area (Å²) in [7, 11) is 0. The SMILES string of the molecule is c1ccc(-c2nc(-c3ccc(-c4ccc5c(c4)sc4ccccc45)cc3)cc(-c3cccc(-c4ccc(C5(c6ccccc6)c6ccccc6-c6ccccc65)cc4)c3)n2)cc1. The minimum absolute atomic E-state index is 0.426. The van der Waals surface area contributed by atoms with Crippen LogP contribution in [0.15, 0.2) is 231 Å². The molecule has 0 amide bonds. The van der Waals surface area contributed by atoms with Gasteiger partial charge in [0.25, 0.3) is 0 Å². The van der Waals surface area contributed by atoms with E-state index in [1.54, 1.807) is 0 Å². The first kappa shape index (κ1) is 36.2. The second-order valence-electron chi connectivity index (χ2n) is 16.1. The second-order valence-corrected chi connectivity index (χ2v) is 17.2. The van der Waals surface area contributed by atoms with Crippen molar-refractivity contribution in [3.05, 3.63) is 253 Å². The molecule has 0 spiro atoms. The predicted molar refractivity (Wildman–Crippen MR) is 259 cm³/mol. The maximum absolute atomic E-state index is 5.19. The van der Waals surface area contributed by atoms with Gasteiger partial charge in [-0.15, -0.1) is 11.3 Å². The number of hydrogen-bond acceptors (Lipinski definition) is 3. The molecule has 0 fully saturated rings. The van der Waals surface area contributed by atoms with Crippen LogP contribution >= 0.6 is 11.3 Å². The zero-order chi connectivity index (χ0) is 41.0. The molecule has 12 rings (SSSR count). The van der Waals surface area contributed by atoms with Gasteiger partial charge in [0.15, 0.2) is 5.82 Å². The molecule has 2 nitrogen and oxygen atoms in total. The van der Waals surface area contributed by atoms with E-state index in [0.717, 1.165) is 39.2 Å². The molecule has 290 valence electrons.